The summed E-state index contributed by atoms with van der Waals surface area (Å²) < 4.78 is 0. The summed E-state index contributed by atoms with van der Waals surface area (Å²) in [6, 6.07) is -0.422. The fourth-order valence-electron chi connectivity index (χ4n) is 5.28. The van der Waals surface area contributed by atoms with Gasteiger partial charge in [0.2, 0.25) is 11.8 Å². The molecule has 0 unspecified atom stereocenters. The van der Waals surface area contributed by atoms with Gasteiger partial charge in [-0.2, -0.15) is 0 Å². The third-order valence-corrected chi connectivity index (χ3v) is 7.94. The Kier molecular flexibility index (Phi) is 30.5. The van der Waals surface area contributed by atoms with Gasteiger partial charge in [-0.25, -0.2) is 0 Å². The van der Waals surface area contributed by atoms with Gasteiger partial charge in [-0.3, -0.25) is 9.59 Å². The number of hydrogen-bond acceptors (Lipinski definition) is 3. The van der Waals surface area contributed by atoms with Crippen molar-refractivity contribution in [3.63, 3.8) is 0 Å². The van der Waals surface area contributed by atoms with Crippen LogP contribution in [0.3, 0.4) is 0 Å². The van der Waals surface area contributed by atoms with Crippen molar-refractivity contribution in [3.05, 3.63) is 0 Å². The molecule has 0 aliphatic heterocycles. The molecule has 0 heterocycles. The number of nitrogens with two attached hydrogens (primary N) is 1. The first kappa shape index (κ1) is 37.9. The summed E-state index contributed by atoms with van der Waals surface area (Å²) in [6.07, 6.45) is 32.7. The van der Waals surface area contributed by atoms with E-state index in [-0.39, 0.29) is 11.8 Å². The second kappa shape index (κ2) is 31.4. The lowest BCUT2D eigenvalue weighted by atomic mass is 10.0. The number of carbonyl (C=O) groups excluding carboxylic acids is 2. The first-order chi connectivity index (χ1) is 19.2. The van der Waals surface area contributed by atoms with E-state index in [2.05, 4.69) is 24.5 Å². The molecule has 0 radical (unpaired) electrons. The zero-order valence-electron chi connectivity index (χ0n) is 26.5. The molecule has 0 saturated carbocycles. The molecule has 1 atom stereocenters. The Balaban J connectivity index is 3.88. The van der Waals surface area contributed by atoms with Gasteiger partial charge >= 0.3 is 0 Å². The zero-order chi connectivity index (χ0) is 28.7. The number of amides is 2. The van der Waals surface area contributed by atoms with Crippen molar-refractivity contribution >= 4 is 11.8 Å². The Morgan fingerprint density at radius 1 is 0.538 bits per heavy atom. The average Bonchev–Trinajstić information content (AvgIpc) is 2.93. The lowest BCUT2D eigenvalue weighted by Gasteiger charge is -2.18. The van der Waals surface area contributed by atoms with Crippen molar-refractivity contribution in [2.24, 2.45) is 5.73 Å². The summed E-state index contributed by atoms with van der Waals surface area (Å²) in [7, 11) is 0. The quantitative estimate of drug-likeness (QED) is 0.0751. The predicted octanol–water partition coefficient (Wildman–Crippen LogP) is 9.12. The van der Waals surface area contributed by atoms with Crippen molar-refractivity contribution < 1.29 is 9.59 Å². The molecule has 0 spiro atoms. The van der Waals surface area contributed by atoms with E-state index in [0.29, 0.717) is 25.9 Å². The van der Waals surface area contributed by atoms with Crippen LogP contribution in [0.2, 0.25) is 0 Å². The largest absolute Gasteiger partial charge is 0.354 e. The van der Waals surface area contributed by atoms with Crippen molar-refractivity contribution in [2.75, 3.05) is 13.1 Å². The van der Waals surface area contributed by atoms with Crippen LogP contribution in [-0.2, 0) is 9.59 Å². The van der Waals surface area contributed by atoms with Crippen LogP contribution in [0, 0.1) is 0 Å². The van der Waals surface area contributed by atoms with E-state index < -0.39 is 6.04 Å². The van der Waals surface area contributed by atoms with Crippen LogP contribution in [0.25, 0.3) is 0 Å². The molecule has 4 N–H and O–H groups in total. The second-order valence-electron chi connectivity index (χ2n) is 11.9. The van der Waals surface area contributed by atoms with Crippen LogP contribution < -0.4 is 16.4 Å². The number of nitrogens with one attached hydrogen (secondary N) is 2. The Morgan fingerprint density at radius 2 is 0.949 bits per heavy atom. The lowest BCUT2D eigenvalue weighted by Crippen LogP contribution is -2.47. The van der Waals surface area contributed by atoms with Crippen LogP contribution in [0.5, 0.6) is 0 Å². The Hall–Kier alpha value is -1.10. The second-order valence-corrected chi connectivity index (χ2v) is 11.9. The smallest absolute Gasteiger partial charge is 0.242 e. The third kappa shape index (κ3) is 28.2. The fraction of sp³-hybridized carbons (Fsp3) is 0.941. The third-order valence-electron chi connectivity index (χ3n) is 7.94. The van der Waals surface area contributed by atoms with Crippen molar-refractivity contribution in [1.82, 2.24) is 10.6 Å². The van der Waals surface area contributed by atoms with E-state index in [0.717, 1.165) is 32.1 Å². The molecule has 232 valence electrons. The highest BCUT2D eigenvalue weighted by Crippen LogP contribution is 2.13. The molecule has 5 nitrogen and oxygen atoms in total. The fourth-order valence-corrected chi connectivity index (χ4v) is 5.28. The molecule has 0 aromatic carbocycles. The van der Waals surface area contributed by atoms with Crippen LogP contribution in [0.1, 0.15) is 187 Å². The number of rotatable bonds is 31. The monoisotopic (exact) mass is 552 g/mol. The first-order valence-electron chi connectivity index (χ1n) is 17.4. The van der Waals surface area contributed by atoms with Gasteiger partial charge < -0.3 is 16.4 Å². The summed E-state index contributed by atoms with van der Waals surface area (Å²) in [4.78, 5) is 25.3. The van der Waals surface area contributed by atoms with Gasteiger partial charge in [0, 0.05) is 13.0 Å². The van der Waals surface area contributed by atoms with Crippen molar-refractivity contribution in [2.45, 2.75) is 193 Å². The summed E-state index contributed by atoms with van der Waals surface area (Å²) >= 11 is 0. The van der Waals surface area contributed by atoms with Gasteiger partial charge in [-0.05, 0) is 38.6 Å². The van der Waals surface area contributed by atoms with Gasteiger partial charge in [-0.1, -0.05) is 149 Å². The van der Waals surface area contributed by atoms with Crippen LogP contribution in [0.15, 0.2) is 0 Å². The van der Waals surface area contributed by atoms with Gasteiger partial charge in [0.25, 0.3) is 0 Å². The lowest BCUT2D eigenvalue weighted by molar-refractivity contribution is -0.129. The number of carbonyl (C=O) groups is 2. The standard InChI is InChI=1S/C34H69N3O2/c1-3-5-7-9-11-13-15-16-17-18-20-22-24-29-33(38)37-32(28-25-26-30-35)34(39)36-31-27-23-21-19-14-12-10-8-6-4-2/h32H,3-31,35H2,1-2H3,(H,36,39)(H,37,38)/t32-/m0/s1. The zero-order valence-corrected chi connectivity index (χ0v) is 26.5. The molecule has 0 aromatic heterocycles. The van der Waals surface area contributed by atoms with Crippen molar-refractivity contribution in [1.29, 1.82) is 0 Å². The Labute approximate surface area is 244 Å². The molecular weight excluding hydrogens is 482 g/mol. The molecule has 0 fully saturated rings. The summed E-state index contributed by atoms with van der Waals surface area (Å²) in [5, 5.41) is 6.09. The van der Waals surface area contributed by atoms with Crippen molar-refractivity contribution in [3.8, 4) is 0 Å². The topological polar surface area (TPSA) is 84.2 Å². The molecule has 5 heteroatoms. The molecule has 0 bridgehead atoms. The van der Waals surface area contributed by atoms with E-state index in [1.807, 2.05) is 0 Å². The Bertz CT molecular complexity index is 527. The normalized spacial score (nSPS) is 12.0. The maximum Gasteiger partial charge on any atom is 0.242 e. The highest BCUT2D eigenvalue weighted by molar-refractivity contribution is 5.87. The van der Waals surface area contributed by atoms with E-state index >= 15 is 0 Å². The highest BCUT2D eigenvalue weighted by atomic mass is 16.2. The van der Waals surface area contributed by atoms with E-state index in [9.17, 15) is 9.59 Å². The predicted molar refractivity (Wildman–Crippen MR) is 170 cm³/mol. The highest BCUT2D eigenvalue weighted by Gasteiger charge is 2.19. The number of hydrogen-bond donors (Lipinski definition) is 3. The summed E-state index contributed by atoms with van der Waals surface area (Å²) in [6.45, 7) is 5.86. The van der Waals surface area contributed by atoms with Crippen LogP contribution in [0.4, 0.5) is 0 Å². The average molecular weight is 552 g/mol. The van der Waals surface area contributed by atoms with Crippen LogP contribution >= 0.6 is 0 Å². The molecular formula is C34H69N3O2. The van der Waals surface area contributed by atoms with Crippen LogP contribution in [-0.4, -0.2) is 30.9 Å². The SMILES string of the molecule is CCCCCCCCCCCCCCCC(=O)N[C@@H](CCCCN)C(=O)NCCCCCCCCCCCC. The molecule has 39 heavy (non-hydrogen) atoms. The van der Waals surface area contributed by atoms with Gasteiger partial charge in [0.1, 0.15) is 6.04 Å². The van der Waals surface area contributed by atoms with E-state index in [1.54, 1.807) is 0 Å². The summed E-state index contributed by atoms with van der Waals surface area (Å²) in [5.74, 6) is -0.00781. The minimum absolute atomic E-state index is 0.0184. The molecule has 0 saturated heterocycles. The number of unbranched alkanes of at least 4 members (excludes halogenated alkanes) is 22. The first-order valence-corrected chi connectivity index (χ1v) is 17.4. The van der Waals surface area contributed by atoms with E-state index in [1.165, 1.54) is 128 Å². The molecule has 0 aromatic rings. The molecule has 0 rings (SSSR count). The molecule has 2 amide bonds. The maximum absolute atomic E-state index is 12.8. The minimum Gasteiger partial charge on any atom is -0.354 e. The molecule has 0 aliphatic carbocycles. The van der Waals surface area contributed by atoms with Gasteiger partial charge in [0.15, 0.2) is 0 Å². The van der Waals surface area contributed by atoms with E-state index in [4.69, 9.17) is 5.73 Å². The Morgan fingerprint density at radius 3 is 1.38 bits per heavy atom. The summed E-state index contributed by atoms with van der Waals surface area (Å²) in [5.41, 5.74) is 5.64. The van der Waals surface area contributed by atoms with Gasteiger partial charge in [-0.15, -0.1) is 0 Å². The molecule has 0 aliphatic rings. The van der Waals surface area contributed by atoms with Gasteiger partial charge in [0.05, 0.1) is 0 Å². The maximum atomic E-state index is 12.8. The minimum atomic E-state index is -0.422.